The molecule has 0 unspecified atom stereocenters. The molecular formula is C15H30N2. The molecule has 0 atom stereocenters. The van der Waals surface area contributed by atoms with Gasteiger partial charge in [-0.2, -0.15) is 0 Å². The summed E-state index contributed by atoms with van der Waals surface area (Å²) in [6.07, 6.45) is 4.16. The first kappa shape index (κ1) is 13.4. The van der Waals surface area contributed by atoms with E-state index in [0.29, 0.717) is 10.8 Å². The van der Waals surface area contributed by atoms with Gasteiger partial charge in [0.2, 0.25) is 0 Å². The molecule has 2 saturated heterocycles. The highest BCUT2D eigenvalue weighted by Crippen LogP contribution is 2.40. The second-order valence-corrected chi connectivity index (χ2v) is 7.10. The number of hydrogen-bond acceptors (Lipinski definition) is 2. The maximum Gasteiger partial charge on any atom is 0.00513 e. The molecule has 17 heavy (non-hydrogen) atoms. The van der Waals surface area contributed by atoms with Gasteiger partial charge in [0.1, 0.15) is 0 Å². The van der Waals surface area contributed by atoms with Crippen molar-refractivity contribution < 1.29 is 0 Å². The molecule has 0 aromatic heterocycles. The highest BCUT2D eigenvalue weighted by Gasteiger charge is 2.44. The van der Waals surface area contributed by atoms with Gasteiger partial charge in [-0.3, -0.25) is 0 Å². The summed E-state index contributed by atoms with van der Waals surface area (Å²) in [6.45, 7) is 17.3. The van der Waals surface area contributed by atoms with Crippen LogP contribution in [0.2, 0.25) is 0 Å². The molecule has 0 aliphatic carbocycles. The first-order valence-corrected chi connectivity index (χ1v) is 7.43. The van der Waals surface area contributed by atoms with Crippen LogP contribution in [0, 0.1) is 10.8 Å². The summed E-state index contributed by atoms with van der Waals surface area (Å²) in [5, 5.41) is 0. The minimum Gasteiger partial charge on any atom is -0.303 e. The van der Waals surface area contributed by atoms with Crippen LogP contribution in [0.5, 0.6) is 0 Å². The zero-order valence-electron chi connectivity index (χ0n) is 12.3. The molecule has 2 heterocycles. The van der Waals surface area contributed by atoms with Crippen LogP contribution in [-0.2, 0) is 0 Å². The van der Waals surface area contributed by atoms with E-state index in [-0.39, 0.29) is 0 Å². The molecule has 100 valence electrons. The zero-order valence-corrected chi connectivity index (χ0v) is 12.3. The van der Waals surface area contributed by atoms with Crippen molar-refractivity contribution in [2.75, 3.05) is 39.3 Å². The van der Waals surface area contributed by atoms with Gasteiger partial charge in [-0.25, -0.2) is 0 Å². The smallest absolute Gasteiger partial charge is 0.00513 e. The standard InChI is InChI=1S/C15H30N2/c1-5-14(3,4)11-17-9-7-15(8-10-17)12-16(6-2)13-15/h5-13H2,1-4H3. The fourth-order valence-electron chi connectivity index (χ4n) is 3.34. The summed E-state index contributed by atoms with van der Waals surface area (Å²) in [4.78, 5) is 5.29. The largest absolute Gasteiger partial charge is 0.303 e. The predicted molar refractivity (Wildman–Crippen MR) is 74.3 cm³/mol. The van der Waals surface area contributed by atoms with Crippen LogP contribution < -0.4 is 0 Å². The first-order valence-electron chi connectivity index (χ1n) is 7.43. The fourth-order valence-corrected chi connectivity index (χ4v) is 3.34. The van der Waals surface area contributed by atoms with E-state index in [2.05, 4.69) is 37.5 Å². The molecule has 0 aromatic rings. The lowest BCUT2D eigenvalue weighted by Crippen LogP contribution is -2.60. The molecule has 2 aliphatic rings. The minimum atomic E-state index is 0.500. The van der Waals surface area contributed by atoms with Crippen molar-refractivity contribution in [3.05, 3.63) is 0 Å². The van der Waals surface area contributed by atoms with Gasteiger partial charge in [0.05, 0.1) is 0 Å². The average Bonchev–Trinajstić information content (AvgIpc) is 2.27. The van der Waals surface area contributed by atoms with Crippen molar-refractivity contribution in [3.8, 4) is 0 Å². The Morgan fingerprint density at radius 2 is 1.59 bits per heavy atom. The first-order chi connectivity index (χ1) is 7.99. The zero-order chi connectivity index (χ0) is 12.5. The second kappa shape index (κ2) is 4.89. The molecule has 2 fully saturated rings. The van der Waals surface area contributed by atoms with Crippen LogP contribution in [0.3, 0.4) is 0 Å². The van der Waals surface area contributed by atoms with E-state index in [4.69, 9.17) is 0 Å². The Morgan fingerprint density at radius 3 is 2.06 bits per heavy atom. The average molecular weight is 238 g/mol. The Kier molecular flexibility index (Phi) is 3.84. The lowest BCUT2D eigenvalue weighted by molar-refractivity contribution is -0.0484. The Bertz CT molecular complexity index is 244. The summed E-state index contributed by atoms with van der Waals surface area (Å²) in [5.41, 5.74) is 1.21. The number of rotatable bonds is 4. The molecule has 2 nitrogen and oxygen atoms in total. The molecule has 2 heteroatoms. The summed E-state index contributed by atoms with van der Waals surface area (Å²) in [5.74, 6) is 0. The third-order valence-corrected chi connectivity index (χ3v) is 5.09. The van der Waals surface area contributed by atoms with Gasteiger partial charge in [-0.1, -0.05) is 27.7 Å². The quantitative estimate of drug-likeness (QED) is 0.743. The van der Waals surface area contributed by atoms with Crippen molar-refractivity contribution in [1.82, 2.24) is 9.80 Å². The molecule has 0 aromatic carbocycles. The van der Waals surface area contributed by atoms with Crippen molar-refractivity contribution in [1.29, 1.82) is 0 Å². The molecular weight excluding hydrogens is 208 g/mol. The lowest BCUT2D eigenvalue weighted by Gasteiger charge is -2.54. The summed E-state index contributed by atoms with van der Waals surface area (Å²) in [7, 11) is 0. The SMILES string of the molecule is CCN1CC2(CCN(CC(C)(C)CC)CC2)C1. The number of piperidine rings is 1. The maximum absolute atomic E-state index is 2.70. The lowest BCUT2D eigenvalue weighted by atomic mass is 9.71. The van der Waals surface area contributed by atoms with E-state index >= 15 is 0 Å². The summed E-state index contributed by atoms with van der Waals surface area (Å²) < 4.78 is 0. The summed E-state index contributed by atoms with van der Waals surface area (Å²) in [6, 6.07) is 0. The molecule has 0 bridgehead atoms. The Labute approximate surface area is 107 Å². The Balaban J connectivity index is 1.75. The van der Waals surface area contributed by atoms with Crippen LogP contribution in [0.25, 0.3) is 0 Å². The number of nitrogens with zero attached hydrogens (tertiary/aromatic N) is 2. The molecule has 2 aliphatic heterocycles. The van der Waals surface area contributed by atoms with Gasteiger partial charge in [-0.05, 0) is 49.7 Å². The predicted octanol–water partition coefficient (Wildman–Crippen LogP) is 2.84. The van der Waals surface area contributed by atoms with Crippen LogP contribution in [0.4, 0.5) is 0 Å². The van der Waals surface area contributed by atoms with Crippen LogP contribution in [0.15, 0.2) is 0 Å². The van der Waals surface area contributed by atoms with Crippen LogP contribution in [0.1, 0.15) is 47.0 Å². The third kappa shape index (κ3) is 3.03. The van der Waals surface area contributed by atoms with Crippen LogP contribution >= 0.6 is 0 Å². The molecule has 0 N–H and O–H groups in total. The topological polar surface area (TPSA) is 6.48 Å². The van der Waals surface area contributed by atoms with Crippen molar-refractivity contribution in [2.24, 2.45) is 10.8 Å². The van der Waals surface area contributed by atoms with Crippen molar-refractivity contribution >= 4 is 0 Å². The van der Waals surface area contributed by atoms with E-state index in [1.807, 2.05) is 0 Å². The molecule has 0 saturated carbocycles. The number of likely N-dealkylation sites (tertiary alicyclic amines) is 2. The van der Waals surface area contributed by atoms with Gasteiger partial charge in [-0.15, -0.1) is 0 Å². The molecule has 1 spiro atoms. The van der Waals surface area contributed by atoms with E-state index in [1.54, 1.807) is 0 Å². The van der Waals surface area contributed by atoms with Gasteiger partial charge in [0.25, 0.3) is 0 Å². The van der Waals surface area contributed by atoms with Gasteiger partial charge < -0.3 is 9.80 Å². The number of hydrogen-bond donors (Lipinski definition) is 0. The second-order valence-electron chi connectivity index (χ2n) is 7.10. The highest BCUT2D eigenvalue weighted by atomic mass is 15.2. The third-order valence-electron chi connectivity index (χ3n) is 5.09. The van der Waals surface area contributed by atoms with Crippen LogP contribution in [-0.4, -0.2) is 49.1 Å². The van der Waals surface area contributed by atoms with Crippen molar-refractivity contribution in [3.63, 3.8) is 0 Å². The maximum atomic E-state index is 2.70. The fraction of sp³-hybridized carbons (Fsp3) is 1.00. The molecule has 0 radical (unpaired) electrons. The van der Waals surface area contributed by atoms with E-state index in [0.717, 1.165) is 0 Å². The highest BCUT2D eigenvalue weighted by molar-refractivity contribution is 4.98. The summed E-state index contributed by atoms with van der Waals surface area (Å²) >= 11 is 0. The van der Waals surface area contributed by atoms with Gasteiger partial charge in [0.15, 0.2) is 0 Å². The monoisotopic (exact) mass is 238 g/mol. The normalized spacial score (nSPS) is 26.1. The Morgan fingerprint density at radius 1 is 1.00 bits per heavy atom. The van der Waals surface area contributed by atoms with Crippen molar-refractivity contribution in [2.45, 2.75) is 47.0 Å². The molecule has 2 rings (SSSR count). The van der Waals surface area contributed by atoms with Gasteiger partial charge >= 0.3 is 0 Å². The van der Waals surface area contributed by atoms with E-state index in [9.17, 15) is 0 Å². The van der Waals surface area contributed by atoms with E-state index in [1.165, 1.54) is 58.5 Å². The molecule has 0 amide bonds. The minimum absolute atomic E-state index is 0.500. The van der Waals surface area contributed by atoms with Gasteiger partial charge in [0, 0.05) is 19.6 Å². The Hall–Kier alpha value is -0.0800. The van der Waals surface area contributed by atoms with E-state index < -0.39 is 0 Å².